The van der Waals surface area contributed by atoms with Crippen molar-refractivity contribution < 1.29 is 14.3 Å². The number of nitrogens with zero attached hydrogens (tertiary/aromatic N) is 2. The van der Waals surface area contributed by atoms with E-state index in [0.29, 0.717) is 5.57 Å². The van der Waals surface area contributed by atoms with Gasteiger partial charge in [-0.15, -0.1) is 0 Å². The summed E-state index contributed by atoms with van der Waals surface area (Å²) in [5.74, 6) is -1.54. The van der Waals surface area contributed by atoms with E-state index >= 15 is 0 Å². The molecule has 1 amide bonds. The third-order valence-corrected chi connectivity index (χ3v) is 2.62. The minimum atomic E-state index is -0.707. The molecule has 20 heavy (non-hydrogen) atoms. The molecule has 0 aliphatic heterocycles. The molecule has 104 valence electrons. The van der Waals surface area contributed by atoms with Crippen molar-refractivity contribution in [1.29, 1.82) is 0 Å². The summed E-state index contributed by atoms with van der Waals surface area (Å²) in [4.78, 5) is 17.9. The van der Waals surface area contributed by atoms with Crippen molar-refractivity contribution in [3.63, 3.8) is 0 Å². The van der Waals surface area contributed by atoms with Crippen LogP contribution in [0.4, 0.5) is 10.2 Å². The maximum atomic E-state index is 13.5. The van der Waals surface area contributed by atoms with Gasteiger partial charge >= 0.3 is 0 Å². The number of hydrogen-bond donors (Lipinski definition) is 3. The van der Waals surface area contributed by atoms with E-state index in [2.05, 4.69) is 15.3 Å². The highest BCUT2D eigenvalue weighted by Crippen LogP contribution is 2.23. The minimum absolute atomic E-state index is 0.0749. The first-order valence-corrected chi connectivity index (χ1v) is 5.89. The highest BCUT2D eigenvalue weighted by atomic mass is 35.5. The van der Waals surface area contributed by atoms with Gasteiger partial charge in [-0.3, -0.25) is 4.79 Å². The van der Waals surface area contributed by atoms with Gasteiger partial charge in [-0.1, -0.05) is 6.08 Å². The number of rotatable bonds is 3. The van der Waals surface area contributed by atoms with Gasteiger partial charge in [0.1, 0.15) is 5.76 Å². The quantitative estimate of drug-likeness (QED) is 0.583. The molecule has 8 heteroatoms. The molecular weight excluding hydrogens is 287 g/mol. The number of aliphatic hydroxyl groups excluding tert-OH is 1. The molecule has 0 saturated heterocycles. The Morgan fingerprint density at radius 2 is 2.30 bits per heavy atom. The van der Waals surface area contributed by atoms with Crippen molar-refractivity contribution in [1.82, 2.24) is 9.97 Å². The first-order chi connectivity index (χ1) is 9.45. The van der Waals surface area contributed by atoms with E-state index in [0.717, 1.165) is 6.20 Å². The molecule has 0 aromatic carbocycles. The molecule has 0 fully saturated rings. The van der Waals surface area contributed by atoms with E-state index < -0.39 is 11.7 Å². The number of halogens is 2. The Labute approximate surface area is 118 Å². The molecule has 0 saturated carbocycles. The number of nitrogens with two attached hydrogens (primary N) is 1. The third kappa shape index (κ3) is 3.33. The van der Waals surface area contributed by atoms with Gasteiger partial charge in [-0.25, -0.2) is 9.37 Å². The third-order valence-electron chi connectivity index (χ3n) is 2.44. The lowest BCUT2D eigenvalue weighted by atomic mass is 10.0. The van der Waals surface area contributed by atoms with Gasteiger partial charge in [-0.2, -0.15) is 4.98 Å². The molecule has 0 spiro atoms. The van der Waals surface area contributed by atoms with Gasteiger partial charge in [0.15, 0.2) is 11.6 Å². The van der Waals surface area contributed by atoms with E-state index in [1.807, 2.05) is 0 Å². The Morgan fingerprint density at radius 3 is 2.95 bits per heavy atom. The van der Waals surface area contributed by atoms with Gasteiger partial charge < -0.3 is 16.2 Å². The fourth-order valence-electron chi connectivity index (χ4n) is 1.59. The molecule has 0 bridgehead atoms. The first-order valence-electron chi connectivity index (χ1n) is 5.51. The van der Waals surface area contributed by atoms with Crippen LogP contribution in [0, 0.1) is 5.82 Å². The summed E-state index contributed by atoms with van der Waals surface area (Å²) in [7, 11) is 0. The van der Waals surface area contributed by atoms with Crippen LogP contribution in [0.15, 0.2) is 41.5 Å². The molecule has 2 rings (SSSR count). The van der Waals surface area contributed by atoms with E-state index in [9.17, 15) is 14.3 Å². The summed E-state index contributed by atoms with van der Waals surface area (Å²) in [5.41, 5.74) is 5.81. The second-order valence-corrected chi connectivity index (χ2v) is 4.29. The number of carbonyl (C=O) groups excluding carboxylic acids is 1. The lowest BCUT2D eigenvalue weighted by molar-refractivity contribution is -0.113. The number of primary amides is 1. The van der Waals surface area contributed by atoms with Crippen LogP contribution >= 0.6 is 11.6 Å². The summed E-state index contributed by atoms with van der Waals surface area (Å²) in [6.07, 6.45) is 5.27. The van der Waals surface area contributed by atoms with Crippen molar-refractivity contribution in [3.8, 4) is 0 Å². The summed E-state index contributed by atoms with van der Waals surface area (Å²) >= 11 is 5.57. The molecule has 1 aromatic heterocycles. The number of allylic oxidation sites excluding steroid dienone is 3. The number of amides is 1. The van der Waals surface area contributed by atoms with Gasteiger partial charge in [0.2, 0.25) is 11.2 Å². The van der Waals surface area contributed by atoms with Crippen LogP contribution < -0.4 is 11.1 Å². The molecule has 1 aromatic rings. The molecule has 4 N–H and O–H groups in total. The molecule has 1 heterocycles. The average molecular weight is 297 g/mol. The monoisotopic (exact) mass is 296 g/mol. The lowest BCUT2D eigenvalue weighted by Gasteiger charge is -2.14. The maximum Gasteiger partial charge on any atom is 0.241 e. The van der Waals surface area contributed by atoms with Crippen LogP contribution in [-0.2, 0) is 4.79 Å². The van der Waals surface area contributed by atoms with Crippen LogP contribution in [-0.4, -0.2) is 21.0 Å². The SMILES string of the molecule is NC(=O)C=C1C=CC(Nc2nc(Cl)ncc2F)=C(O)C1. The molecule has 0 unspecified atom stereocenters. The number of aromatic nitrogens is 2. The van der Waals surface area contributed by atoms with Crippen molar-refractivity contribution >= 4 is 23.3 Å². The van der Waals surface area contributed by atoms with Gasteiger partial charge in [0, 0.05) is 12.5 Å². The normalized spacial score (nSPS) is 16.6. The highest BCUT2D eigenvalue weighted by Gasteiger charge is 2.14. The number of carbonyl (C=O) groups is 1. The fourth-order valence-corrected chi connectivity index (χ4v) is 1.72. The van der Waals surface area contributed by atoms with Gasteiger partial charge in [0.25, 0.3) is 0 Å². The summed E-state index contributed by atoms with van der Waals surface area (Å²) in [6.45, 7) is 0. The van der Waals surface area contributed by atoms with E-state index in [4.69, 9.17) is 17.3 Å². The summed E-state index contributed by atoms with van der Waals surface area (Å²) in [6, 6.07) is 0. The first kappa shape index (κ1) is 14.0. The van der Waals surface area contributed by atoms with Gasteiger partial charge in [0.05, 0.1) is 11.9 Å². The Kier molecular flexibility index (Phi) is 3.99. The predicted molar refractivity (Wildman–Crippen MR) is 71.3 cm³/mol. The van der Waals surface area contributed by atoms with Crippen LogP contribution in [0.1, 0.15) is 6.42 Å². The Hall–Kier alpha value is -2.41. The van der Waals surface area contributed by atoms with Crippen molar-refractivity contribution in [3.05, 3.63) is 52.6 Å². The lowest BCUT2D eigenvalue weighted by Crippen LogP contribution is -2.11. The summed E-state index contributed by atoms with van der Waals surface area (Å²) < 4.78 is 13.5. The van der Waals surface area contributed by atoms with Crippen molar-refractivity contribution in [2.75, 3.05) is 5.32 Å². The largest absolute Gasteiger partial charge is 0.510 e. The van der Waals surface area contributed by atoms with Crippen molar-refractivity contribution in [2.45, 2.75) is 6.42 Å². The van der Waals surface area contributed by atoms with E-state index in [1.54, 1.807) is 6.08 Å². The number of hydrogen-bond acceptors (Lipinski definition) is 5. The van der Waals surface area contributed by atoms with E-state index in [1.165, 1.54) is 12.2 Å². The molecule has 1 aliphatic carbocycles. The van der Waals surface area contributed by atoms with E-state index in [-0.39, 0.29) is 29.0 Å². The van der Waals surface area contributed by atoms with Gasteiger partial charge in [-0.05, 0) is 23.3 Å². The molecule has 6 nitrogen and oxygen atoms in total. The zero-order chi connectivity index (χ0) is 14.7. The zero-order valence-electron chi connectivity index (χ0n) is 10.1. The number of aliphatic hydroxyl groups is 1. The average Bonchev–Trinajstić information content (AvgIpc) is 2.36. The zero-order valence-corrected chi connectivity index (χ0v) is 10.9. The maximum absolute atomic E-state index is 13.5. The second kappa shape index (κ2) is 5.70. The fraction of sp³-hybridized carbons (Fsp3) is 0.0833. The smallest absolute Gasteiger partial charge is 0.241 e. The second-order valence-electron chi connectivity index (χ2n) is 3.95. The molecule has 1 aliphatic rings. The Morgan fingerprint density at radius 1 is 1.55 bits per heavy atom. The highest BCUT2D eigenvalue weighted by molar-refractivity contribution is 6.28. The number of nitrogens with one attached hydrogen (secondary N) is 1. The van der Waals surface area contributed by atoms with Crippen LogP contribution in [0.2, 0.25) is 5.28 Å². The molecule has 0 radical (unpaired) electrons. The van der Waals surface area contributed by atoms with Crippen LogP contribution in [0.5, 0.6) is 0 Å². The Bertz CT molecular complexity index is 655. The number of anilines is 1. The van der Waals surface area contributed by atoms with Crippen LogP contribution in [0.25, 0.3) is 0 Å². The molecule has 0 atom stereocenters. The topological polar surface area (TPSA) is 101 Å². The van der Waals surface area contributed by atoms with Crippen molar-refractivity contribution in [2.24, 2.45) is 5.73 Å². The van der Waals surface area contributed by atoms with Crippen LogP contribution in [0.3, 0.4) is 0 Å². The molecular formula is C12H10ClFN4O2. The standard InChI is InChI=1S/C12H10ClFN4O2/c13-12-16-5-7(14)11(18-12)17-8-2-1-6(3-9(8)19)4-10(15)20/h1-2,4-5,19H,3H2,(H2,15,20)(H,16,17,18). The minimum Gasteiger partial charge on any atom is -0.510 e. The summed E-state index contributed by atoms with van der Waals surface area (Å²) in [5, 5.41) is 12.3. The predicted octanol–water partition coefficient (Wildman–Crippen LogP) is 1.82. The Balaban J connectivity index is 2.21.